The molecule has 0 spiro atoms. The van der Waals surface area contributed by atoms with E-state index in [2.05, 4.69) is 27.3 Å². The lowest BCUT2D eigenvalue weighted by atomic mass is 10.1. The van der Waals surface area contributed by atoms with E-state index >= 15 is 0 Å². The van der Waals surface area contributed by atoms with Crippen molar-refractivity contribution in [2.75, 3.05) is 11.9 Å². The molecule has 0 atom stereocenters. The fraction of sp³-hybridized carbons (Fsp3) is 0.0667. The van der Waals surface area contributed by atoms with Gasteiger partial charge in [0, 0.05) is 21.7 Å². The Labute approximate surface area is 246 Å². The average molecular weight is 631 g/mol. The van der Waals surface area contributed by atoms with Crippen LogP contribution in [0.25, 0.3) is 33.5 Å². The molecular formula is C30H20BrN3O4S2. The van der Waals surface area contributed by atoms with Crippen molar-refractivity contribution in [3.05, 3.63) is 105 Å². The van der Waals surface area contributed by atoms with Crippen LogP contribution < -0.4 is 5.32 Å². The number of allylic oxidation sites excluding steroid dienone is 1. The number of rotatable bonds is 8. The number of anilines is 1. The number of hydrogen-bond donors (Lipinski definition) is 1. The highest BCUT2D eigenvalue weighted by Gasteiger charge is 2.20. The summed E-state index contributed by atoms with van der Waals surface area (Å²) >= 11 is 6.10. The van der Waals surface area contributed by atoms with Gasteiger partial charge in [-0.2, -0.15) is 5.26 Å². The van der Waals surface area contributed by atoms with E-state index in [1.54, 1.807) is 73.7 Å². The van der Waals surface area contributed by atoms with Gasteiger partial charge in [-0.05, 0) is 66.9 Å². The van der Waals surface area contributed by atoms with Crippen LogP contribution in [0.2, 0.25) is 0 Å². The standard InChI is InChI=1S/C30H20BrN3O4S2/c1-2-37-30(36)20-7-5-18(6-8-20)24-14-13-23(38-24)16-21(17-32)28-33-26(25-4-3-15-39-25)29(40-28)34-27(35)19-9-11-22(31)12-10-19/h3-16H,2H2,1H3,(H,34,35)/b21-16+. The van der Waals surface area contributed by atoms with E-state index in [0.717, 1.165) is 14.9 Å². The van der Waals surface area contributed by atoms with E-state index in [-0.39, 0.29) is 11.9 Å². The van der Waals surface area contributed by atoms with Crippen LogP contribution >= 0.6 is 38.6 Å². The molecule has 0 radical (unpaired) electrons. The molecule has 3 aromatic heterocycles. The van der Waals surface area contributed by atoms with Crippen molar-refractivity contribution in [1.29, 1.82) is 5.26 Å². The van der Waals surface area contributed by atoms with Gasteiger partial charge in [0.1, 0.15) is 33.3 Å². The number of nitrogens with zero attached hydrogens (tertiary/aromatic N) is 2. The third-order valence-corrected chi connectivity index (χ3v) is 8.07. The summed E-state index contributed by atoms with van der Waals surface area (Å²) in [5.74, 6) is 0.398. The molecule has 10 heteroatoms. The first-order valence-corrected chi connectivity index (χ1v) is 14.5. The third-order valence-electron chi connectivity index (χ3n) is 5.66. The summed E-state index contributed by atoms with van der Waals surface area (Å²) in [5.41, 5.74) is 2.63. The molecule has 0 aliphatic heterocycles. The number of carbonyl (C=O) groups is 2. The van der Waals surface area contributed by atoms with Gasteiger partial charge in [0.05, 0.1) is 22.6 Å². The number of benzene rings is 2. The van der Waals surface area contributed by atoms with Crippen molar-refractivity contribution in [3.63, 3.8) is 0 Å². The van der Waals surface area contributed by atoms with Gasteiger partial charge in [-0.25, -0.2) is 9.78 Å². The Balaban J connectivity index is 1.42. The maximum atomic E-state index is 13.0. The van der Waals surface area contributed by atoms with Crippen LogP contribution in [0.5, 0.6) is 0 Å². The highest BCUT2D eigenvalue weighted by molar-refractivity contribution is 9.10. The average Bonchev–Trinajstić information content (AvgIpc) is 3.74. The summed E-state index contributed by atoms with van der Waals surface area (Å²) < 4.78 is 11.9. The Morgan fingerprint density at radius 3 is 2.50 bits per heavy atom. The normalized spacial score (nSPS) is 11.2. The first-order chi connectivity index (χ1) is 19.4. The summed E-state index contributed by atoms with van der Waals surface area (Å²) in [7, 11) is 0. The van der Waals surface area contributed by atoms with E-state index < -0.39 is 0 Å². The Bertz CT molecular complexity index is 1730. The maximum Gasteiger partial charge on any atom is 0.338 e. The second-order valence-electron chi connectivity index (χ2n) is 8.30. The summed E-state index contributed by atoms with van der Waals surface area (Å²) in [5, 5.41) is 15.9. The van der Waals surface area contributed by atoms with Gasteiger partial charge >= 0.3 is 5.97 Å². The second-order valence-corrected chi connectivity index (χ2v) is 11.2. The topological polar surface area (TPSA) is 105 Å². The molecule has 5 rings (SSSR count). The minimum Gasteiger partial charge on any atom is -0.462 e. The fourth-order valence-corrected chi connectivity index (χ4v) is 5.72. The largest absolute Gasteiger partial charge is 0.462 e. The maximum absolute atomic E-state index is 13.0. The van der Waals surface area contributed by atoms with E-state index in [1.807, 2.05) is 17.5 Å². The van der Waals surface area contributed by atoms with Crippen molar-refractivity contribution in [1.82, 2.24) is 4.98 Å². The van der Waals surface area contributed by atoms with Crippen LogP contribution in [-0.2, 0) is 4.74 Å². The molecule has 0 aliphatic rings. The monoisotopic (exact) mass is 629 g/mol. The zero-order valence-corrected chi connectivity index (χ0v) is 24.2. The number of nitriles is 1. The molecular weight excluding hydrogens is 610 g/mol. The van der Waals surface area contributed by atoms with Gasteiger partial charge in [0.2, 0.25) is 0 Å². The van der Waals surface area contributed by atoms with Crippen molar-refractivity contribution in [2.45, 2.75) is 6.92 Å². The zero-order chi connectivity index (χ0) is 28.1. The van der Waals surface area contributed by atoms with Gasteiger partial charge in [-0.15, -0.1) is 11.3 Å². The molecule has 0 bridgehead atoms. The lowest BCUT2D eigenvalue weighted by molar-refractivity contribution is 0.0526. The molecule has 0 unspecified atom stereocenters. The van der Waals surface area contributed by atoms with Crippen molar-refractivity contribution < 1.29 is 18.7 Å². The van der Waals surface area contributed by atoms with Gasteiger partial charge in [-0.1, -0.05) is 45.5 Å². The minimum absolute atomic E-state index is 0.271. The van der Waals surface area contributed by atoms with Crippen molar-refractivity contribution in [3.8, 4) is 28.0 Å². The molecule has 7 nitrogen and oxygen atoms in total. The van der Waals surface area contributed by atoms with E-state index in [9.17, 15) is 14.9 Å². The fourth-order valence-electron chi connectivity index (χ4n) is 3.73. The Kier molecular flexibility index (Phi) is 8.36. The Hall–Kier alpha value is -4.30. The van der Waals surface area contributed by atoms with E-state index in [4.69, 9.17) is 14.1 Å². The van der Waals surface area contributed by atoms with Gasteiger partial charge in [-0.3, -0.25) is 4.79 Å². The third kappa shape index (κ3) is 6.13. The highest BCUT2D eigenvalue weighted by Crippen LogP contribution is 2.39. The molecule has 1 amide bonds. The van der Waals surface area contributed by atoms with Crippen LogP contribution in [0.15, 0.2) is 87.1 Å². The van der Waals surface area contributed by atoms with Crippen molar-refractivity contribution in [2.24, 2.45) is 0 Å². The van der Waals surface area contributed by atoms with Crippen LogP contribution in [0.3, 0.4) is 0 Å². The summed E-state index contributed by atoms with van der Waals surface area (Å²) in [6.45, 7) is 2.07. The molecule has 3 heterocycles. The SMILES string of the molecule is CCOC(=O)c1ccc(-c2ccc(/C=C(\C#N)c3nc(-c4cccs4)c(NC(=O)c4ccc(Br)cc4)s3)o2)cc1. The Morgan fingerprint density at radius 2 is 1.82 bits per heavy atom. The Morgan fingerprint density at radius 1 is 1.07 bits per heavy atom. The summed E-state index contributed by atoms with van der Waals surface area (Å²) in [6.07, 6.45) is 1.62. The number of hydrogen-bond acceptors (Lipinski definition) is 8. The van der Waals surface area contributed by atoms with Crippen LogP contribution in [-0.4, -0.2) is 23.5 Å². The number of aromatic nitrogens is 1. The minimum atomic E-state index is -0.381. The van der Waals surface area contributed by atoms with Crippen LogP contribution in [0.4, 0.5) is 5.00 Å². The van der Waals surface area contributed by atoms with Gasteiger partial charge in [0.15, 0.2) is 0 Å². The van der Waals surface area contributed by atoms with E-state index in [1.165, 1.54) is 22.7 Å². The lowest BCUT2D eigenvalue weighted by Gasteiger charge is -2.04. The molecule has 0 saturated heterocycles. The first-order valence-electron chi connectivity index (χ1n) is 12.1. The number of nitrogens with one attached hydrogen (secondary N) is 1. The zero-order valence-electron chi connectivity index (χ0n) is 21.0. The molecule has 40 heavy (non-hydrogen) atoms. The molecule has 0 saturated carbocycles. The highest BCUT2D eigenvalue weighted by atomic mass is 79.9. The van der Waals surface area contributed by atoms with Gasteiger partial charge in [0.25, 0.3) is 5.91 Å². The number of furan rings is 1. The quantitative estimate of drug-likeness (QED) is 0.136. The number of halogens is 1. The van der Waals surface area contributed by atoms with Crippen molar-refractivity contribution >= 4 is 67.1 Å². The van der Waals surface area contributed by atoms with Gasteiger partial charge < -0.3 is 14.5 Å². The van der Waals surface area contributed by atoms with E-state index in [0.29, 0.717) is 50.5 Å². The number of ether oxygens (including phenoxy) is 1. The van der Waals surface area contributed by atoms with Crippen LogP contribution in [0.1, 0.15) is 38.4 Å². The molecule has 198 valence electrons. The number of thiazole rings is 1. The lowest BCUT2D eigenvalue weighted by Crippen LogP contribution is -2.11. The molecule has 0 aliphatic carbocycles. The number of thiophene rings is 1. The second kappa shape index (κ2) is 12.3. The molecule has 2 aromatic carbocycles. The molecule has 5 aromatic rings. The number of amides is 1. The summed E-state index contributed by atoms with van der Waals surface area (Å²) in [6, 6.07) is 23.6. The molecule has 1 N–H and O–H groups in total. The summed E-state index contributed by atoms with van der Waals surface area (Å²) in [4.78, 5) is 30.5. The number of esters is 1. The first kappa shape index (κ1) is 27.3. The smallest absolute Gasteiger partial charge is 0.338 e. The molecule has 0 fully saturated rings. The number of carbonyl (C=O) groups excluding carboxylic acids is 2. The predicted molar refractivity (Wildman–Crippen MR) is 161 cm³/mol. The predicted octanol–water partition coefficient (Wildman–Crippen LogP) is 8.39. The van der Waals surface area contributed by atoms with Crippen LogP contribution in [0, 0.1) is 11.3 Å².